The quantitative estimate of drug-likeness (QED) is 0.395. The van der Waals surface area contributed by atoms with Crippen molar-refractivity contribution in [1.82, 2.24) is 0 Å². The Bertz CT molecular complexity index is 83.0. The standard InChI is InChI=1S/C7H18NO2.BrH/c1-8(2,3)4-6-10-7-5-9;/h9H,4-7H2,1-3H3;1H/q+1;/p-1. The summed E-state index contributed by atoms with van der Waals surface area (Å²) in [6.45, 7) is 2.29. The van der Waals surface area contributed by atoms with E-state index >= 15 is 0 Å². The molecule has 4 heteroatoms. The Kier molecular flexibility index (Phi) is 8.90. The van der Waals surface area contributed by atoms with Crippen molar-refractivity contribution in [2.75, 3.05) is 47.5 Å². The Balaban J connectivity index is 0. The lowest BCUT2D eigenvalue weighted by Crippen LogP contribution is -3.00. The SMILES string of the molecule is C[N+](C)(C)CCOCCO.[Br-]. The number of aliphatic hydroxyl groups excluding tert-OH is 1. The van der Waals surface area contributed by atoms with E-state index in [1.807, 2.05) is 0 Å². The number of hydrogen-bond donors (Lipinski definition) is 1. The Morgan fingerprint density at radius 3 is 2.09 bits per heavy atom. The number of nitrogens with zero attached hydrogens (tertiary/aromatic N) is 1. The van der Waals surface area contributed by atoms with Crippen molar-refractivity contribution in [3.8, 4) is 0 Å². The molecular formula is C7H18BrNO2. The van der Waals surface area contributed by atoms with Crippen molar-refractivity contribution >= 4 is 0 Å². The molecule has 0 fully saturated rings. The van der Waals surface area contributed by atoms with Crippen molar-refractivity contribution in [1.29, 1.82) is 0 Å². The number of halogens is 1. The van der Waals surface area contributed by atoms with Crippen LogP contribution in [0, 0.1) is 0 Å². The van der Waals surface area contributed by atoms with Gasteiger partial charge in [0.2, 0.25) is 0 Å². The minimum atomic E-state index is 0. The lowest BCUT2D eigenvalue weighted by atomic mass is 10.5. The highest BCUT2D eigenvalue weighted by Crippen LogP contribution is 1.88. The molecule has 0 radical (unpaired) electrons. The summed E-state index contributed by atoms with van der Waals surface area (Å²) in [4.78, 5) is 0. The van der Waals surface area contributed by atoms with Crippen molar-refractivity contribution in [2.45, 2.75) is 0 Å². The molecule has 0 aromatic carbocycles. The summed E-state index contributed by atoms with van der Waals surface area (Å²) < 4.78 is 6.00. The molecule has 0 heterocycles. The third-order valence-electron chi connectivity index (χ3n) is 1.14. The van der Waals surface area contributed by atoms with Crippen LogP contribution in [0.25, 0.3) is 0 Å². The van der Waals surface area contributed by atoms with Gasteiger partial charge in [0.1, 0.15) is 6.54 Å². The summed E-state index contributed by atoms with van der Waals surface area (Å²) in [6.07, 6.45) is 0. The molecule has 0 spiro atoms. The van der Waals surface area contributed by atoms with E-state index in [1.54, 1.807) is 0 Å². The highest BCUT2D eigenvalue weighted by atomic mass is 79.9. The molecule has 0 aliphatic rings. The number of likely N-dealkylation sites (N-methyl/N-ethyl adjacent to an activating group) is 1. The van der Waals surface area contributed by atoms with Gasteiger partial charge in [-0.05, 0) is 0 Å². The second-order valence-corrected chi connectivity index (χ2v) is 3.35. The van der Waals surface area contributed by atoms with Gasteiger partial charge in [0.15, 0.2) is 0 Å². The smallest absolute Gasteiger partial charge is 0.102 e. The summed E-state index contributed by atoms with van der Waals surface area (Å²) >= 11 is 0. The van der Waals surface area contributed by atoms with Gasteiger partial charge in [0.25, 0.3) is 0 Å². The maximum atomic E-state index is 8.37. The molecule has 3 nitrogen and oxygen atoms in total. The summed E-state index contributed by atoms with van der Waals surface area (Å²) in [5, 5.41) is 8.37. The molecule has 0 atom stereocenters. The van der Waals surface area contributed by atoms with E-state index in [0.717, 1.165) is 17.6 Å². The van der Waals surface area contributed by atoms with E-state index in [2.05, 4.69) is 21.1 Å². The zero-order valence-electron chi connectivity index (χ0n) is 7.51. The fourth-order valence-corrected chi connectivity index (χ4v) is 0.505. The first-order valence-corrected chi connectivity index (χ1v) is 3.55. The van der Waals surface area contributed by atoms with Gasteiger partial charge in [-0.15, -0.1) is 0 Å². The molecule has 1 N–H and O–H groups in total. The lowest BCUT2D eigenvalue weighted by molar-refractivity contribution is -0.870. The van der Waals surface area contributed by atoms with Crippen LogP contribution in [-0.2, 0) is 4.74 Å². The fourth-order valence-electron chi connectivity index (χ4n) is 0.505. The Labute approximate surface area is 79.3 Å². The minimum Gasteiger partial charge on any atom is -1.00 e. The zero-order chi connectivity index (χ0) is 8.04. The van der Waals surface area contributed by atoms with Crippen LogP contribution in [0.5, 0.6) is 0 Å². The summed E-state index contributed by atoms with van der Waals surface area (Å²) in [7, 11) is 6.34. The van der Waals surface area contributed by atoms with Crippen LogP contribution in [0.4, 0.5) is 0 Å². The lowest BCUT2D eigenvalue weighted by Gasteiger charge is -2.23. The van der Waals surface area contributed by atoms with Gasteiger partial charge in [0, 0.05) is 0 Å². The summed E-state index contributed by atoms with van der Waals surface area (Å²) in [6, 6.07) is 0. The van der Waals surface area contributed by atoms with Gasteiger partial charge in [-0.3, -0.25) is 0 Å². The maximum Gasteiger partial charge on any atom is 0.102 e. The molecule has 0 aromatic heterocycles. The average Bonchev–Trinajstić information content (AvgIpc) is 1.78. The first-order chi connectivity index (χ1) is 4.56. The third-order valence-corrected chi connectivity index (χ3v) is 1.14. The van der Waals surface area contributed by atoms with Crippen molar-refractivity contribution < 1.29 is 31.3 Å². The predicted octanol–water partition coefficient (Wildman–Crippen LogP) is -3.29. The van der Waals surface area contributed by atoms with Gasteiger partial charge >= 0.3 is 0 Å². The van der Waals surface area contributed by atoms with E-state index in [-0.39, 0.29) is 23.6 Å². The number of ether oxygens (including phenoxy) is 1. The van der Waals surface area contributed by atoms with Crippen molar-refractivity contribution in [2.24, 2.45) is 0 Å². The van der Waals surface area contributed by atoms with Gasteiger partial charge < -0.3 is 31.3 Å². The number of hydrogen-bond acceptors (Lipinski definition) is 2. The number of quaternary nitrogens is 1. The van der Waals surface area contributed by atoms with E-state index < -0.39 is 0 Å². The Morgan fingerprint density at radius 1 is 1.18 bits per heavy atom. The van der Waals surface area contributed by atoms with Gasteiger partial charge in [-0.1, -0.05) is 0 Å². The van der Waals surface area contributed by atoms with Gasteiger partial charge in [0.05, 0.1) is 41.0 Å². The Hall–Kier alpha value is 0.360. The Morgan fingerprint density at radius 2 is 1.73 bits per heavy atom. The molecule has 0 saturated heterocycles. The van der Waals surface area contributed by atoms with Crippen molar-refractivity contribution in [3.63, 3.8) is 0 Å². The van der Waals surface area contributed by atoms with Crippen LogP contribution in [0.15, 0.2) is 0 Å². The normalized spacial score (nSPS) is 10.9. The largest absolute Gasteiger partial charge is 1.00 e. The average molecular weight is 228 g/mol. The van der Waals surface area contributed by atoms with E-state index in [1.165, 1.54) is 0 Å². The molecule has 0 amide bonds. The molecule has 0 rings (SSSR count). The van der Waals surface area contributed by atoms with Crippen LogP contribution in [0.2, 0.25) is 0 Å². The molecule has 0 saturated carbocycles. The third kappa shape index (κ3) is 13.4. The predicted molar refractivity (Wildman–Crippen MR) is 40.8 cm³/mol. The highest BCUT2D eigenvalue weighted by Gasteiger charge is 2.04. The number of aliphatic hydroxyl groups is 1. The van der Waals surface area contributed by atoms with E-state index in [4.69, 9.17) is 9.84 Å². The second kappa shape index (κ2) is 7.03. The van der Waals surface area contributed by atoms with E-state index in [0.29, 0.717) is 6.61 Å². The molecule has 0 aromatic rings. The fraction of sp³-hybridized carbons (Fsp3) is 1.00. The number of rotatable bonds is 5. The molecule has 0 unspecified atom stereocenters. The monoisotopic (exact) mass is 227 g/mol. The zero-order valence-corrected chi connectivity index (χ0v) is 9.10. The van der Waals surface area contributed by atoms with Gasteiger partial charge in [-0.2, -0.15) is 0 Å². The van der Waals surface area contributed by atoms with Crippen LogP contribution in [-0.4, -0.2) is 57.1 Å². The molecule has 11 heavy (non-hydrogen) atoms. The topological polar surface area (TPSA) is 29.5 Å². The molecule has 70 valence electrons. The second-order valence-electron chi connectivity index (χ2n) is 3.35. The molecule has 0 aliphatic heterocycles. The minimum absolute atomic E-state index is 0. The molecule has 0 bridgehead atoms. The van der Waals surface area contributed by atoms with Crippen LogP contribution in [0.1, 0.15) is 0 Å². The van der Waals surface area contributed by atoms with Crippen LogP contribution in [0.3, 0.4) is 0 Å². The maximum absolute atomic E-state index is 8.37. The van der Waals surface area contributed by atoms with Crippen molar-refractivity contribution in [3.05, 3.63) is 0 Å². The van der Waals surface area contributed by atoms with E-state index in [9.17, 15) is 0 Å². The first-order valence-electron chi connectivity index (χ1n) is 3.55. The molecule has 0 aliphatic carbocycles. The van der Waals surface area contributed by atoms with Crippen LogP contribution < -0.4 is 17.0 Å². The highest BCUT2D eigenvalue weighted by molar-refractivity contribution is 4.28. The summed E-state index contributed by atoms with van der Waals surface area (Å²) in [5.41, 5.74) is 0. The van der Waals surface area contributed by atoms with Crippen LogP contribution >= 0.6 is 0 Å². The van der Waals surface area contributed by atoms with Gasteiger partial charge in [-0.25, -0.2) is 0 Å². The summed E-state index contributed by atoms with van der Waals surface area (Å²) in [5.74, 6) is 0. The first kappa shape index (κ1) is 13.9. The molecular weight excluding hydrogens is 210 g/mol.